The molecule has 82 valence electrons. The zero-order chi connectivity index (χ0) is 11.0. The van der Waals surface area contributed by atoms with Gasteiger partial charge in [-0.05, 0) is 25.7 Å². The normalized spacial score (nSPS) is 17.5. The molecule has 2 rings (SSSR count). The predicted molar refractivity (Wildman–Crippen MR) is 57.0 cm³/mol. The average molecular weight is 210 g/mol. The molecule has 1 saturated carbocycles. The quantitative estimate of drug-likeness (QED) is 0.820. The number of nitrogen functional groups attached to an aromatic ring is 1. The Balaban J connectivity index is 2.23. The fourth-order valence-corrected chi connectivity index (χ4v) is 1.71. The Kier molecular flexibility index (Phi) is 2.46. The molecule has 1 aromatic heterocycles. The fourth-order valence-electron chi connectivity index (χ4n) is 1.71. The van der Waals surface area contributed by atoms with E-state index in [2.05, 4.69) is 16.9 Å². The van der Waals surface area contributed by atoms with E-state index in [9.17, 15) is 4.39 Å². The minimum atomic E-state index is -0.417. The molecule has 1 aliphatic rings. The first-order valence-electron chi connectivity index (χ1n) is 5.10. The lowest BCUT2D eigenvalue weighted by Crippen LogP contribution is -2.32. The number of aromatic nitrogens is 2. The van der Waals surface area contributed by atoms with E-state index < -0.39 is 5.82 Å². The summed E-state index contributed by atoms with van der Waals surface area (Å²) in [5.41, 5.74) is 5.44. The monoisotopic (exact) mass is 210 g/mol. The third-order valence-corrected chi connectivity index (χ3v) is 2.99. The molecule has 2 N–H and O–H groups in total. The van der Waals surface area contributed by atoms with Gasteiger partial charge in [-0.25, -0.2) is 9.37 Å². The van der Waals surface area contributed by atoms with Gasteiger partial charge in [0.1, 0.15) is 0 Å². The van der Waals surface area contributed by atoms with Crippen LogP contribution in [0.3, 0.4) is 0 Å². The van der Waals surface area contributed by atoms with Crippen molar-refractivity contribution in [1.29, 1.82) is 0 Å². The Bertz CT molecular complexity index is 364. The van der Waals surface area contributed by atoms with Gasteiger partial charge in [0, 0.05) is 13.1 Å². The molecule has 0 spiro atoms. The highest BCUT2D eigenvalue weighted by Gasteiger charge is 2.32. The van der Waals surface area contributed by atoms with Crippen molar-refractivity contribution in [3.05, 3.63) is 12.0 Å². The summed E-state index contributed by atoms with van der Waals surface area (Å²) in [6, 6.07) is 0.300. The molecule has 0 amide bonds. The molecule has 4 nitrogen and oxygen atoms in total. The Morgan fingerprint density at radius 3 is 2.87 bits per heavy atom. The number of nitrogens with zero attached hydrogens (tertiary/aromatic N) is 3. The number of anilines is 2. The maximum atomic E-state index is 13.4. The number of nitrogens with two attached hydrogens (primary N) is 1. The molecule has 0 aliphatic heterocycles. The maximum absolute atomic E-state index is 13.4. The lowest BCUT2D eigenvalue weighted by atomic mass is 10.2. The van der Waals surface area contributed by atoms with Crippen LogP contribution in [0.5, 0.6) is 0 Å². The third kappa shape index (κ3) is 2.00. The third-order valence-electron chi connectivity index (χ3n) is 2.99. The van der Waals surface area contributed by atoms with Gasteiger partial charge in [-0.3, -0.25) is 0 Å². The van der Waals surface area contributed by atoms with Crippen molar-refractivity contribution >= 4 is 11.8 Å². The average Bonchev–Trinajstić information content (AvgIpc) is 3.03. The van der Waals surface area contributed by atoms with Gasteiger partial charge < -0.3 is 10.6 Å². The van der Waals surface area contributed by atoms with Gasteiger partial charge in [0.15, 0.2) is 11.6 Å². The highest BCUT2D eigenvalue weighted by atomic mass is 19.1. The van der Waals surface area contributed by atoms with Crippen molar-refractivity contribution < 1.29 is 4.39 Å². The summed E-state index contributed by atoms with van der Waals surface area (Å²) in [6.45, 7) is 2.08. The molecule has 0 radical (unpaired) electrons. The molecule has 15 heavy (non-hydrogen) atoms. The van der Waals surface area contributed by atoms with E-state index in [1.54, 1.807) is 0 Å². The van der Waals surface area contributed by atoms with Crippen LogP contribution in [-0.4, -0.2) is 23.1 Å². The summed E-state index contributed by atoms with van der Waals surface area (Å²) in [7, 11) is 1.84. The van der Waals surface area contributed by atoms with Gasteiger partial charge in [0.2, 0.25) is 5.95 Å². The van der Waals surface area contributed by atoms with Crippen LogP contribution in [0.2, 0.25) is 0 Å². The summed E-state index contributed by atoms with van der Waals surface area (Å²) in [4.78, 5) is 9.37. The first-order chi connectivity index (χ1) is 7.09. The van der Waals surface area contributed by atoms with E-state index in [4.69, 9.17) is 5.73 Å². The lowest BCUT2D eigenvalue weighted by molar-refractivity contribution is 0.564. The summed E-state index contributed by atoms with van der Waals surface area (Å²) < 4.78 is 13.4. The SMILES string of the molecule is CC(C1CC1)N(C)c1nc(N)ncc1F. The molecule has 0 saturated heterocycles. The van der Waals surface area contributed by atoms with Crippen LogP contribution >= 0.6 is 0 Å². The van der Waals surface area contributed by atoms with E-state index in [1.165, 1.54) is 12.8 Å². The van der Waals surface area contributed by atoms with E-state index >= 15 is 0 Å². The van der Waals surface area contributed by atoms with Crippen LogP contribution in [0.25, 0.3) is 0 Å². The Morgan fingerprint density at radius 1 is 1.60 bits per heavy atom. The van der Waals surface area contributed by atoms with Crippen LogP contribution in [0.1, 0.15) is 19.8 Å². The van der Waals surface area contributed by atoms with E-state index in [-0.39, 0.29) is 5.95 Å². The fraction of sp³-hybridized carbons (Fsp3) is 0.600. The number of rotatable bonds is 3. The van der Waals surface area contributed by atoms with Crippen molar-refractivity contribution in [1.82, 2.24) is 9.97 Å². The second-order valence-electron chi connectivity index (χ2n) is 4.09. The zero-order valence-electron chi connectivity index (χ0n) is 8.94. The molecule has 1 unspecified atom stereocenters. The predicted octanol–water partition coefficient (Wildman–Crippen LogP) is 1.43. The zero-order valence-corrected chi connectivity index (χ0v) is 8.94. The van der Waals surface area contributed by atoms with Crippen molar-refractivity contribution in [2.75, 3.05) is 17.7 Å². The molecule has 5 heteroatoms. The topological polar surface area (TPSA) is 55.0 Å². The highest BCUT2D eigenvalue weighted by molar-refractivity contribution is 5.42. The minimum absolute atomic E-state index is 0.112. The van der Waals surface area contributed by atoms with E-state index in [1.807, 2.05) is 11.9 Å². The van der Waals surface area contributed by atoms with Crippen molar-refractivity contribution in [2.24, 2.45) is 5.92 Å². The van der Waals surface area contributed by atoms with Crippen LogP contribution < -0.4 is 10.6 Å². The molecular formula is C10H15FN4. The van der Waals surface area contributed by atoms with E-state index in [0.29, 0.717) is 17.8 Å². The number of hydrogen-bond donors (Lipinski definition) is 1. The van der Waals surface area contributed by atoms with E-state index in [0.717, 1.165) is 6.20 Å². The number of halogens is 1. The summed E-state index contributed by atoms with van der Waals surface area (Å²) in [5, 5.41) is 0. The van der Waals surface area contributed by atoms with Gasteiger partial charge in [0.25, 0.3) is 0 Å². The van der Waals surface area contributed by atoms with Crippen LogP contribution in [0, 0.1) is 11.7 Å². The largest absolute Gasteiger partial charge is 0.368 e. The smallest absolute Gasteiger partial charge is 0.222 e. The Hall–Kier alpha value is -1.39. The molecule has 0 bridgehead atoms. The first kappa shape index (κ1) is 10.1. The lowest BCUT2D eigenvalue weighted by Gasteiger charge is -2.26. The van der Waals surface area contributed by atoms with Gasteiger partial charge in [-0.2, -0.15) is 4.98 Å². The molecular weight excluding hydrogens is 195 g/mol. The highest BCUT2D eigenvalue weighted by Crippen LogP contribution is 2.36. The van der Waals surface area contributed by atoms with Crippen LogP contribution in [0.4, 0.5) is 16.2 Å². The number of hydrogen-bond acceptors (Lipinski definition) is 4. The minimum Gasteiger partial charge on any atom is -0.368 e. The molecule has 1 aliphatic carbocycles. The molecule has 1 fully saturated rings. The Labute approximate surface area is 88.3 Å². The van der Waals surface area contributed by atoms with Crippen molar-refractivity contribution in [2.45, 2.75) is 25.8 Å². The summed E-state index contributed by atoms with van der Waals surface area (Å²) in [5.74, 6) is 0.646. The summed E-state index contributed by atoms with van der Waals surface area (Å²) in [6.07, 6.45) is 3.55. The second-order valence-corrected chi connectivity index (χ2v) is 4.09. The Morgan fingerprint density at radius 2 is 2.27 bits per heavy atom. The standard InChI is InChI=1S/C10H15FN4/c1-6(7-3-4-7)15(2)9-8(11)5-13-10(12)14-9/h5-7H,3-4H2,1-2H3,(H2,12,13,14). The van der Waals surface area contributed by atoms with Gasteiger partial charge in [-0.1, -0.05) is 0 Å². The molecule has 0 aromatic carbocycles. The second kappa shape index (κ2) is 3.64. The van der Waals surface area contributed by atoms with Gasteiger partial charge in [-0.15, -0.1) is 0 Å². The maximum Gasteiger partial charge on any atom is 0.222 e. The molecule has 1 aromatic rings. The van der Waals surface area contributed by atoms with Gasteiger partial charge >= 0.3 is 0 Å². The first-order valence-corrected chi connectivity index (χ1v) is 5.10. The molecule has 1 atom stereocenters. The van der Waals surface area contributed by atoms with Crippen LogP contribution in [-0.2, 0) is 0 Å². The summed E-state index contributed by atoms with van der Waals surface area (Å²) >= 11 is 0. The van der Waals surface area contributed by atoms with Gasteiger partial charge in [0.05, 0.1) is 6.20 Å². The van der Waals surface area contributed by atoms with Crippen molar-refractivity contribution in [3.63, 3.8) is 0 Å². The molecule has 1 heterocycles. The van der Waals surface area contributed by atoms with Crippen LogP contribution in [0.15, 0.2) is 6.20 Å². The van der Waals surface area contributed by atoms with Crippen molar-refractivity contribution in [3.8, 4) is 0 Å².